The van der Waals surface area contributed by atoms with Gasteiger partial charge < -0.3 is 22.9 Å². The molecule has 1 fully saturated rings. The van der Waals surface area contributed by atoms with Crippen molar-refractivity contribution in [3.63, 3.8) is 0 Å². The molecule has 0 spiro atoms. The van der Waals surface area contributed by atoms with E-state index in [4.69, 9.17) is 4.74 Å². The molecule has 1 rings (SSSR count). The first kappa shape index (κ1) is 27.2. The summed E-state index contributed by atoms with van der Waals surface area (Å²) in [6.45, 7) is 6.76. The van der Waals surface area contributed by atoms with Crippen LogP contribution in [0, 0.1) is 5.92 Å². The van der Waals surface area contributed by atoms with Gasteiger partial charge in [-0.15, -0.1) is 0 Å². The standard InChI is InChI=1S/C24H49NO.ClH/c1-4-6-8-10-12-14-16-18-20-22(23-24(3,25)26-23)21-19-17-15-13-11-9-7-5-2;/h22-23H,4-21,25H2,1-3H3;1H. The molecule has 0 aliphatic carbocycles. The molecule has 1 aliphatic rings. The van der Waals surface area contributed by atoms with Crippen molar-refractivity contribution in [3.05, 3.63) is 0 Å². The van der Waals surface area contributed by atoms with E-state index >= 15 is 0 Å². The van der Waals surface area contributed by atoms with Crippen LogP contribution in [0.1, 0.15) is 136 Å². The van der Waals surface area contributed by atoms with Crippen molar-refractivity contribution in [2.45, 2.75) is 148 Å². The summed E-state index contributed by atoms with van der Waals surface area (Å²) in [5.74, 6) is 0.762. The molecule has 0 aromatic rings. The van der Waals surface area contributed by atoms with Gasteiger partial charge in [-0.3, -0.25) is 0 Å². The molecule has 3 N–H and O–H groups in total. The maximum Gasteiger partial charge on any atom is 0.223 e. The number of hydrogen-bond donors (Lipinski definition) is 1. The third-order valence-electron chi connectivity index (χ3n) is 6.23. The number of epoxide rings is 1. The summed E-state index contributed by atoms with van der Waals surface area (Å²) in [6, 6.07) is 0. The number of quaternary nitrogens is 1. The van der Waals surface area contributed by atoms with Crippen LogP contribution in [0.5, 0.6) is 0 Å². The molecule has 164 valence electrons. The topological polar surface area (TPSA) is 40.2 Å². The van der Waals surface area contributed by atoms with Crippen LogP contribution in [-0.2, 0) is 4.74 Å². The zero-order chi connectivity index (χ0) is 19.1. The highest BCUT2D eigenvalue weighted by Gasteiger charge is 2.57. The molecule has 2 nitrogen and oxygen atoms in total. The first-order chi connectivity index (χ1) is 12.6. The van der Waals surface area contributed by atoms with Crippen LogP contribution in [0.2, 0.25) is 0 Å². The van der Waals surface area contributed by atoms with Crippen LogP contribution >= 0.6 is 0 Å². The van der Waals surface area contributed by atoms with Gasteiger partial charge in [-0.05, 0) is 18.8 Å². The van der Waals surface area contributed by atoms with Gasteiger partial charge in [0.25, 0.3) is 0 Å². The highest BCUT2D eigenvalue weighted by Crippen LogP contribution is 2.39. The first-order valence-corrected chi connectivity index (χ1v) is 12.1. The molecule has 0 aromatic carbocycles. The highest BCUT2D eigenvalue weighted by molar-refractivity contribution is 4.92. The monoisotopic (exact) mass is 403 g/mol. The molecule has 2 atom stereocenters. The molecule has 0 aromatic heterocycles. The van der Waals surface area contributed by atoms with Crippen LogP contribution in [0.25, 0.3) is 0 Å². The van der Waals surface area contributed by atoms with Crippen molar-refractivity contribution in [1.29, 1.82) is 0 Å². The number of unbranched alkanes of at least 4 members (excludes halogenated alkanes) is 14. The van der Waals surface area contributed by atoms with Crippen LogP contribution in [0.15, 0.2) is 0 Å². The molecule has 0 amide bonds. The lowest BCUT2D eigenvalue weighted by molar-refractivity contribution is -0.464. The largest absolute Gasteiger partial charge is 1.00 e. The van der Waals surface area contributed by atoms with Crippen molar-refractivity contribution in [1.82, 2.24) is 0 Å². The van der Waals surface area contributed by atoms with E-state index in [9.17, 15) is 0 Å². The average Bonchev–Trinajstić information content (AvgIpc) is 3.25. The Kier molecular flexibility index (Phi) is 17.2. The number of rotatable bonds is 19. The highest BCUT2D eigenvalue weighted by atomic mass is 35.5. The Morgan fingerprint density at radius 1 is 0.667 bits per heavy atom. The Hall–Kier alpha value is 0.210. The second-order valence-electron chi connectivity index (χ2n) is 9.14. The van der Waals surface area contributed by atoms with Crippen molar-refractivity contribution in [3.8, 4) is 0 Å². The fraction of sp³-hybridized carbons (Fsp3) is 1.00. The summed E-state index contributed by atoms with van der Waals surface area (Å²) in [6.07, 6.45) is 25.8. The summed E-state index contributed by atoms with van der Waals surface area (Å²) >= 11 is 0. The van der Waals surface area contributed by atoms with E-state index in [1.807, 2.05) is 0 Å². The Morgan fingerprint density at radius 2 is 0.963 bits per heavy atom. The summed E-state index contributed by atoms with van der Waals surface area (Å²) in [4.78, 5) is 0. The number of halogens is 1. The van der Waals surface area contributed by atoms with E-state index in [0.717, 1.165) is 5.92 Å². The van der Waals surface area contributed by atoms with Gasteiger partial charge in [-0.2, -0.15) is 0 Å². The second kappa shape index (κ2) is 17.1. The fourth-order valence-corrected chi connectivity index (χ4v) is 4.38. The summed E-state index contributed by atoms with van der Waals surface area (Å²) in [5, 5.41) is 0. The third-order valence-corrected chi connectivity index (χ3v) is 6.23. The summed E-state index contributed by atoms with van der Waals surface area (Å²) in [5.41, 5.74) is 4.16. The minimum Gasteiger partial charge on any atom is -1.00 e. The normalized spacial score (nSPS) is 21.4. The van der Waals surface area contributed by atoms with Crippen molar-refractivity contribution >= 4 is 0 Å². The summed E-state index contributed by atoms with van der Waals surface area (Å²) < 4.78 is 5.90. The molecule has 0 saturated carbocycles. The van der Waals surface area contributed by atoms with E-state index in [0.29, 0.717) is 6.10 Å². The van der Waals surface area contributed by atoms with Gasteiger partial charge in [0.15, 0.2) is 0 Å². The number of ether oxygens (including phenoxy) is 1. The minimum atomic E-state index is -0.0784. The Bertz CT molecular complexity index is 302. The van der Waals surface area contributed by atoms with E-state index in [2.05, 4.69) is 26.5 Å². The van der Waals surface area contributed by atoms with Crippen LogP contribution in [-0.4, -0.2) is 11.8 Å². The van der Waals surface area contributed by atoms with E-state index in [1.165, 1.54) is 116 Å². The molecule has 27 heavy (non-hydrogen) atoms. The first-order valence-electron chi connectivity index (χ1n) is 12.1. The third kappa shape index (κ3) is 13.9. The average molecular weight is 404 g/mol. The van der Waals surface area contributed by atoms with Crippen molar-refractivity contribution in [2.24, 2.45) is 5.92 Å². The van der Waals surface area contributed by atoms with Crippen molar-refractivity contribution in [2.75, 3.05) is 0 Å². The Morgan fingerprint density at radius 3 is 1.26 bits per heavy atom. The molecule has 2 unspecified atom stereocenters. The maximum absolute atomic E-state index is 5.90. The van der Waals surface area contributed by atoms with Gasteiger partial charge in [0, 0.05) is 6.92 Å². The lowest BCUT2D eigenvalue weighted by Crippen LogP contribution is -3.00. The minimum absolute atomic E-state index is 0. The quantitative estimate of drug-likeness (QED) is 0.257. The van der Waals surface area contributed by atoms with Crippen LogP contribution < -0.4 is 18.1 Å². The predicted octanol–water partition coefficient (Wildman–Crippen LogP) is 4.03. The van der Waals surface area contributed by atoms with E-state index in [-0.39, 0.29) is 18.1 Å². The van der Waals surface area contributed by atoms with E-state index < -0.39 is 0 Å². The van der Waals surface area contributed by atoms with Crippen molar-refractivity contribution < 1.29 is 22.9 Å². The molecule has 0 bridgehead atoms. The van der Waals surface area contributed by atoms with Crippen LogP contribution in [0.3, 0.4) is 0 Å². The van der Waals surface area contributed by atoms with Gasteiger partial charge in [0.1, 0.15) is 6.10 Å². The second-order valence-corrected chi connectivity index (χ2v) is 9.14. The zero-order valence-electron chi connectivity index (χ0n) is 18.9. The van der Waals surface area contributed by atoms with E-state index in [1.54, 1.807) is 0 Å². The molecule has 3 heteroatoms. The van der Waals surface area contributed by atoms with Crippen LogP contribution in [0.4, 0.5) is 0 Å². The SMILES string of the molecule is CCCCCCCCCCC(CCCCCCCCCC)C1OC1(C)[NH3+].[Cl-]. The molecule has 1 heterocycles. The lowest BCUT2D eigenvalue weighted by atomic mass is 9.89. The fourth-order valence-electron chi connectivity index (χ4n) is 4.38. The zero-order valence-corrected chi connectivity index (χ0v) is 19.6. The predicted molar refractivity (Wildman–Crippen MR) is 114 cm³/mol. The smallest absolute Gasteiger partial charge is 0.223 e. The molecule has 1 aliphatic heterocycles. The van der Waals surface area contributed by atoms with Gasteiger partial charge in [0.05, 0.1) is 0 Å². The maximum atomic E-state index is 5.90. The Balaban J connectivity index is 0.00000676. The van der Waals surface area contributed by atoms with Gasteiger partial charge in [-0.1, -0.05) is 117 Å². The molecular formula is C24H50ClNO. The lowest BCUT2D eigenvalue weighted by Gasteiger charge is -2.14. The summed E-state index contributed by atoms with van der Waals surface area (Å²) in [7, 11) is 0. The number of hydrogen-bond acceptors (Lipinski definition) is 1. The Labute approximate surface area is 177 Å². The van der Waals surface area contributed by atoms with Gasteiger partial charge in [0.2, 0.25) is 5.72 Å². The molecular weight excluding hydrogens is 354 g/mol. The van der Waals surface area contributed by atoms with Gasteiger partial charge in [-0.25, -0.2) is 0 Å². The molecule has 0 radical (unpaired) electrons. The molecule has 1 saturated heterocycles. The van der Waals surface area contributed by atoms with Gasteiger partial charge >= 0.3 is 0 Å².